The van der Waals surface area contributed by atoms with Crippen LogP contribution in [0.5, 0.6) is 0 Å². The Morgan fingerprint density at radius 2 is 1.78 bits per heavy atom. The van der Waals surface area contributed by atoms with Crippen molar-refractivity contribution in [3.05, 3.63) is 64.8 Å². The van der Waals surface area contributed by atoms with Crippen LogP contribution < -0.4 is 9.80 Å². The molecule has 0 bridgehead atoms. The Balaban J connectivity index is 1.29. The molecule has 6 rings (SSSR count). The fourth-order valence-electron chi connectivity index (χ4n) is 6.24. The SMILES string of the molecule is CC1CN2CCCC2C1c1nc(-c2ccc(F)cc2)cc(N2CCN(c3ncc(CO)cc3Cl)CC2)n1. The molecule has 0 spiro atoms. The van der Waals surface area contributed by atoms with E-state index in [0.717, 1.165) is 68.0 Å². The van der Waals surface area contributed by atoms with Crippen LogP contribution in [0, 0.1) is 11.7 Å². The van der Waals surface area contributed by atoms with E-state index in [0.29, 0.717) is 28.5 Å². The minimum Gasteiger partial charge on any atom is -0.392 e. The molecule has 3 aliphatic rings. The Hall–Kier alpha value is -2.81. The number of halogens is 2. The van der Waals surface area contributed by atoms with E-state index in [-0.39, 0.29) is 12.4 Å². The monoisotopic (exact) mass is 522 g/mol. The van der Waals surface area contributed by atoms with Gasteiger partial charge in [-0.1, -0.05) is 18.5 Å². The summed E-state index contributed by atoms with van der Waals surface area (Å²) in [5.41, 5.74) is 2.45. The Morgan fingerprint density at radius 1 is 1.03 bits per heavy atom. The first-order chi connectivity index (χ1) is 18.0. The van der Waals surface area contributed by atoms with Gasteiger partial charge in [-0.2, -0.15) is 0 Å². The van der Waals surface area contributed by atoms with Crippen LogP contribution in [0.2, 0.25) is 5.02 Å². The lowest BCUT2D eigenvalue weighted by Crippen LogP contribution is -2.47. The highest BCUT2D eigenvalue weighted by Gasteiger charge is 2.44. The lowest BCUT2D eigenvalue weighted by atomic mass is 9.89. The number of nitrogens with zero attached hydrogens (tertiary/aromatic N) is 6. The molecule has 3 atom stereocenters. The first-order valence-corrected chi connectivity index (χ1v) is 13.5. The van der Waals surface area contributed by atoms with E-state index in [9.17, 15) is 9.50 Å². The van der Waals surface area contributed by atoms with Crippen molar-refractivity contribution >= 4 is 23.2 Å². The fraction of sp³-hybridized carbons (Fsp3) is 0.464. The largest absolute Gasteiger partial charge is 0.392 e. The Morgan fingerprint density at radius 3 is 2.51 bits per heavy atom. The average molecular weight is 523 g/mol. The van der Waals surface area contributed by atoms with Crippen LogP contribution in [-0.4, -0.2) is 70.3 Å². The third kappa shape index (κ3) is 4.78. The van der Waals surface area contributed by atoms with Crippen LogP contribution in [0.15, 0.2) is 42.6 Å². The van der Waals surface area contributed by atoms with Crippen LogP contribution in [0.4, 0.5) is 16.0 Å². The molecule has 37 heavy (non-hydrogen) atoms. The van der Waals surface area contributed by atoms with Gasteiger partial charge in [-0.3, -0.25) is 4.90 Å². The number of hydrogen-bond donors (Lipinski definition) is 1. The number of benzene rings is 1. The van der Waals surface area contributed by atoms with Crippen molar-refractivity contribution in [3.63, 3.8) is 0 Å². The van der Waals surface area contributed by atoms with Crippen LogP contribution in [0.25, 0.3) is 11.3 Å². The van der Waals surface area contributed by atoms with Crippen LogP contribution in [0.1, 0.15) is 37.1 Å². The minimum absolute atomic E-state index is 0.0779. The zero-order chi connectivity index (χ0) is 25.5. The summed E-state index contributed by atoms with van der Waals surface area (Å²) in [5.74, 6) is 3.12. The smallest absolute Gasteiger partial charge is 0.147 e. The molecular formula is C28H32ClFN6O. The zero-order valence-electron chi connectivity index (χ0n) is 21.0. The Bertz CT molecular complexity index is 1270. The molecule has 3 fully saturated rings. The third-order valence-corrected chi connectivity index (χ3v) is 8.37. The topological polar surface area (TPSA) is 68.6 Å². The Labute approximate surface area is 221 Å². The molecule has 0 amide bonds. The highest BCUT2D eigenvalue weighted by molar-refractivity contribution is 6.33. The van der Waals surface area contributed by atoms with Gasteiger partial charge in [0, 0.05) is 62.5 Å². The van der Waals surface area contributed by atoms with E-state index in [2.05, 4.69) is 26.6 Å². The molecular weight excluding hydrogens is 491 g/mol. The number of piperazine rings is 1. The summed E-state index contributed by atoms with van der Waals surface area (Å²) in [4.78, 5) is 21.8. The average Bonchev–Trinajstić information content (AvgIpc) is 3.49. The highest BCUT2D eigenvalue weighted by Crippen LogP contribution is 2.42. The number of anilines is 2. The maximum absolute atomic E-state index is 13.7. The van der Waals surface area contributed by atoms with Gasteiger partial charge in [0.1, 0.15) is 23.3 Å². The van der Waals surface area contributed by atoms with Gasteiger partial charge in [-0.15, -0.1) is 0 Å². The van der Waals surface area contributed by atoms with Gasteiger partial charge in [0.2, 0.25) is 0 Å². The van der Waals surface area contributed by atoms with Crippen LogP contribution >= 0.6 is 11.6 Å². The summed E-state index contributed by atoms with van der Waals surface area (Å²) in [7, 11) is 0. The number of aromatic nitrogens is 3. The van der Waals surface area contributed by atoms with Gasteiger partial charge in [-0.05, 0) is 61.2 Å². The van der Waals surface area contributed by atoms with E-state index in [1.165, 1.54) is 25.0 Å². The summed E-state index contributed by atoms with van der Waals surface area (Å²) < 4.78 is 13.7. The lowest BCUT2D eigenvalue weighted by Gasteiger charge is -2.36. The van der Waals surface area contributed by atoms with Crippen molar-refractivity contribution in [2.24, 2.45) is 5.92 Å². The molecule has 7 nitrogen and oxygen atoms in total. The van der Waals surface area contributed by atoms with Gasteiger partial charge in [0.05, 0.1) is 17.3 Å². The van der Waals surface area contributed by atoms with Crippen molar-refractivity contribution < 1.29 is 9.50 Å². The summed E-state index contributed by atoms with van der Waals surface area (Å²) >= 11 is 6.47. The standard InChI is InChI=1S/C28H32ClFN6O/c1-18-16-36-8-2-3-24(36)26(18)27-32-23(20-4-6-21(30)7-5-20)14-25(33-27)34-9-11-35(12-10-34)28-22(29)13-19(17-37)15-31-28/h4-7,13-15,18,24,26,37H,2-3,8-12,16-17H2,1H3. The minimum atomic E-state index is -0.250. The third-order valence-electron chi connectivity index (χ3n) is 8.10. The molecule has 3 aliphatic heterocycles. The molecule has 1 aromatic carbocycles. The maximum atomic E-state index is 13.7. The van der Waals surface area contributed by atoms with E-state index in [1.54, 1.807) is 24.4 Å². The maximum Gasteiger partial charge on any atom is 0.147 e. The predicted octanol–water partition coefficient (Wildman–Crippen LogP) is 4.35. The number of pyridine rings is 1. The molecule has 3 unspecified atom stereocenters. The number of aliphatic hydroxyl groups excluding tert-OH is 1. The second-order valence-electron chi connectivity index (χ2n) is 10.5. The Kier molecular flexibility index (Phi) is 6.73. The molecule has 5 heterocycles. The highest BCUT2D eigenvalue weighted by atomic mass is 35.5. The number of aliphatic hydroxyl groups is 1. The number of fused-ring (bicyclic) bond motifs is 1. The van der Waals surface area contributed by atoms with Crippen molar-refractivity contribution in [2.45, 2.75) is 38.3 Å². The predicted molar refractivity (Wildman–Crippen MR) is 144 cm³/mol. The second kappa shape index (κ2) is 10.2. The fourth-order valence-corrected chi connectivity index (χ4v) is 6.55. The molecule has 0 aliphatic carbocycles. The normalized spacial score (nSPS) is 24.1. The second-order valence-corrected chi connectivity index (χ2v) is 10.9. The van der Waals surface area contributed by atoms with Crippen molar-refractivity contribution in [1.29, 1.82) is 0 Å². The van der Waals surface area contributed by atoms with E-state index < -0.39 is 0 Å². The molecule has 2 aromatic heterocycles. The molecule has 3 saturated heterocycles. The molecule has 3 aromatic rings. The first kappa shape index (κ1) is 24.5. The van der Waals surface area contributed by atoms with Gasteiger partial charge >= 0.3 is 0 Å². The number of rotatable bonds is 5. The van der Waals surface area contributed by atoms with Crippen LogP contribution in [0.3, 0.4) is 0 Å². The molecule has 1 N–H and O–H groups in total. The van der Waals surface area contributed by atoms with Gasteiger partial charge in [0.25, 0.3) is 0 Å². The van der Waals surface area contributed by atoms with Crippen LogP contribution in [-0.2, 0) is 6.61 Å². The molecule has 9 heteroatoms. The zero-order valence-corrected chi connectivity index (χ0v) is 21.8. The molecule has 0 saturated carbocycles. The van der Waals surface area contributed by atoms with Crippen molar-refractivity contribution in [3.8, 4) is 11.3 Å². The summed E-state index contributed by atoms with van der Waals surface area (Å²) in [5, 5.41) is 9.91. The molecule has 194 valence electrons. The van der Waals surface area contributed by atoms with Gasteiger partial charge in [-0.25, -0.2) is 19.3 Å². The first-order valence-electron chi connectivity index (χ1n) is 13.1. The lowest BCUT2D eigenvalue weighted by molar-refractivity contribution is 0.281. The van der Waals surface area contributed by atoms with Crippen molar-refractivity contribution in [2.75, 3.05) is 49.1 Å². The van der Waals surface area contributed by atoms with E-state index in [1.807, 2.05) is 6.07 Å². The quantitative estimate of drug-likeness (QED) is 0.534. The van der Waals surface area contributed by atoms with E-state index >= 15 is 0 Å². The van der Waals surface area contributed by atoms with Crippen molar-refractivity contribution in [1.82, 2.24) is 19.9 Å². The van der Waals surface area contributed by atoms with E-state index in [4.69, 9.17) is 21.6 Å². The summed E-state index contributed by atoms with van der Waals surface area (Å²) in [6.07, 6.45) is 4.10. The van der Waals surface area contributed by atoms with Gasteiger partial charge < -0.3 is 14.9 Å². The molecule has 0 radical (unpaired) electrons. The number of hydrogen-bond acceptors (Lipinski definition) is 7. The summed E-state index contributed by atoms with van der Waals surface area (Å²) in [6.45, 7) is 7.55. The van der Waals surface area contributed by atoms with Gasteiger partial charge in [0.15, 0.2) is 0 Å². The summed E-state index contributed by atoms with van der Waals surface area (Å²) in [6, 6.07) is 10.9.